The van der Waals surface area contributed by atoms with E-state index in [1.165, 1.54) is 6.42 Å². The molecule has 3 aromatic carbocycles. The molecule has 1 fully saturated rings. The number of carbonyl (C=O) groups is 2. The van der Waals surface area contributed by atoms with Crippen LogP contribution in [0.25, 0.3) is 0 Å². The summed E-state index contributed by atoms with van der Waals surface area (Å²) in [5.74, 6) is 1.85. The third-order valence-corrected chi connectivity index (χ3v) is 9.05. The molecule has 7 nitrogen and oxygen atoms in total. The molecule has 1 N–H and O–H groups in total. The summed E-state index contributed by atoms with van der Waals surface area (Å²) in [5, 5.41) is 10.7. The molecule has 0 aromatic heterocycles. The fraction of sp³-hybridized carbons (Fsp3) is 0.487. The van der Waals surface area contributed by atoms with E-state index in [1.807, 2.05) is 71.6 Å². The molecule has 0 saturated carbocycles. The first kappa shape index (κ1) is 35.2. The SMILES string of the molecule is COc1ccc(C(OC[C@@H]2C[C@@H](O)CN2C(=O)CCCCCCCCCCC(C)=O)(c2ccccc2)c2ccc(OC)cc2)cc1. The Balaban J connectivity index is 1.45. The number of ether oxygens (including phenoxy) is 3. The molecule has 2 atom stereocenters. The van der Waals surface area contributed by atoms with Gasteiger partial charge in [0.25, 0.3) is 0 Å². The van der Waals surface area contributed by atoms with Crippen LogP contribution in [0.5, 0.6) is 11.5 Å². The molecule has 0 unspecified atom stereocenters. The van der Waals surface area contributed by atoms with Crippen LogP contribution in [0, 0.1) is 0 Å². The summed E-state index contributed by atoms with van der Waals surface area (Å²) in [6, 6.07) is 25.7. The van der Waals surface area contributed by atoms with E-state index in [4.69, 9.17) is 14.2 Å². The molecule has 0 aliphatic carbocycles. The molecule has 46 heavy (non-hydrogen) atoms. The number of aliphatic hydroxyl groups excluding tert-OH is 1. The highest BCUT2D eigenvalue weighted by atomic mass is 16.5. The van der Waals surface area contributed by atoms with Crippen LogP contribution in [-0.4, -0.2) is 61.2 Å². The number of β-amino-alcohol motifs (C(OH)–C–C–N with tert-alkyl or cyclic N) is 1. The van der Waals surface area contributed by atoms with E-state index in [0.717, 1.165) is 73.1 Å². The summed E-state index contributed by atoms with van der Waals surface area (Å²) in [7, 11) is 3.30. The first-order chi connectivity index (χ1) is 22.4. The van der Waals surface area contributed by atoms with Gasteiger partial charge in [-0.15, -0.1) is 0 Å². The summed E-state index contributed by atoms with van der Waals surface area (Å²) in [6.07, 6.45) is 9.63. The molecule has 7 heteroatoms. The average Bonchev–Trinajstić information content (AvgIpc) is 3.47. The molecule has 3 aromatic rings. The Hall–Kier alpha value is -3.68. The summed E-state index contributed by atoms with van der Waals surface area (Å²) >= 11 is 0. The zero-order chi connectivity index (χ0) is 32.8. The first-order valence-electron chi connectivity index (χ1n) is 16.8. The number of amides is 1. The zero-order valence-electron chi connectivity index (χ0n) is 27.8. The van der Waals surface area contributed by atoms with Gasteiger partial charge in [-0.1, -0.05) is 93.1 Å². The number of likely N-dealkylation sites (tertiary alicyclic amines) is 1. The molecule has 4 rings (SSSR count). The van der Waals surface area contributed by atoms with Crippen molar-refractivity contribution in [1.29, 1.82) is 0 Å². The lowest BCUT2D eigenvalue weighted by Crippen LogP contribution is -2.42. The first-order valence-corrected chi connectivity index (χ1v) is 16.8. The number of hydrogen-bond donors (Lipinski definition) is 1. The van der Waals surface area contributed by atoms with E-state index >= 15 is 0 Å². The van der Waals surface area contributed by atoms with Crippen LogP contribution in [0.15, 0.2) is 78.9 Å². The highest BCUT2D eigenvalue weighted by Gasteiger charge is 2.41. The summed E-state index contributed by atoms with van der Waals surface area (Å²) < 4.78 is 18.0. The number of benzene rings is 3. The molecule has 1 saturated heterocycles. The summed E-state index contributed by atoms with van der Waals surface area (Å²) in [5.41, 5.74) is 1.84. The maximum atomic E-state index is 13.4. The van der Waals surface area contributed by atoms with Gasteiger partial charge in [-0.05, 0) is 67.1 Å². The van der Waals surface area contributed by atoms with Crippen molar-refractivity contribution in [2.24, 2.45) is 0 Å². The fourth-order valence-electron chi connectivity index (χ4n) is 6.51. The van der Waals surface area contributed by atoms with Gasteiger partial charge in [-0.3, -0.25) is 4.79 Å². The largest absolute Gasteiger partial charge is 0.497 e. The van der Waals surface area contributed by atoms with Crippen LogP contribution >= 0.6 is 0 Å². The number of carbonyl (C=O) groups excluding carboxylic acids is 2. The summed E-state index contributed by atoms with van der Waals surface area (Å²) in [6.45, 7) is 2.25. The maximum absolute atomic E-state index is 13.4. The van der Waals surface area contributed by atoms with Gasteiger partial charge < -0.3 is 29.0 Å². The quantitative estimate of drug-likeness (QED) is 0.109. The van der Waals surface area contributed by atoms with Crippen molar-refractivity contribution in [3.8, 4) is 11.5 Å². The minimum Gasteiger partial charge on any atom is -0.497 e. The second kappa shape index (κ2) is 17.9. The third kappa shape index (κ3) is 9.43. The molecule has 1 aliphatic heterocycles. The number of methoxy groups -OCH3 is 2. The van der Waals surface area contributed by atoms with Crippen molar-refractivity contribution in [3.63, 3.8) is 0 Å². The number of hydrogen-bond acceptors (Lipinski definition) is 6. The van der Waals surface area contributed by atoms with Crippen molar-refractivity contribution < 1.29 is 28.9 Å². The van der Waals surface area contributed by atoms with Gasteiger partial charge in [0.05, 0.1) is 33.0 Å². The van der Waals surface area contributed by atoms with E-state index in [-0.39, 0.29) is 24.3 Å². The molecule has 1 aliphatic rings. The minimum atomic E-state index is -0.978. The number of unbranched alkanes of at least 4 members (excludes halogenated alkanes) is 7. The van der Waals surface area contributed by atoms with Gasteiger partial charge in [0.15, 0.2) is 0 Å². The minimum absolute atomic E-state index is 0.0774. The molecule has 0 radical (unpaired) electrons. The monoisotopic (exact) mass is 629 g/mol. The van der Waals surface area contributed by atoms with Gasteiger partial charge >= 0.3 is 0 Å². The van der Waals surface area contributed by atoms with Crippen LogP contribution in [-0.2, 0) is 19.9 Å². The highest BCUT2D eigenvalue weighted by molar-refractivity contribution is 5.77. The maximum Gasteiger partial charge on any atom is 0.222 e. The Bertz CT molecular complexity index is 1290. The Kier molecular flexibility index (Phi) is 13.7. The van der Waals surface area contributed by atoms with Gasteiger partial charge in [0, 0.05) is 19.4 Å². The molecular weight excluding hydrogens is 578 g/mol. The topological polar surface area (TPSA) is 85.3 Å². The van der Waals surface area contributed by atoms with Crippen LogP contribution < -0.4 is 9.47 Å². The van der Waals surface area contributed by atoms with Crippen LogP contribution in [0.3, 0.4) is 0 Å². The zero-order valence-corrected chi connectivity index (χ0v) is 27.8. The smallest absolute Gasteiger partial charge is 0.222 e. The highest BCUT2D eigenvalue weighted by Crippen LogP contribution is 2.42. The Morgan fingerprint density at radius 3 is 1.70 bits per heavy atom. The Morgan fingerprint density at radius 2 is 1.20 bits per heavy atom. The summed E-state index contributed by atoms with van der Waals surface area (Å²) in [4.78, 5) is 26.4. The van der Waals surface area contributed by atoms with Crippen LogP contribution in [0.2, 0.25) is 0 Å². The van der Waals surface area contributed by atoms with E-state index in [2.05, 4.69) is 12.1 Å². The Labute approximate surface area is 274 Å². The van der Waals surface area contributed by atoms with Crippen molar-refractivity contribution in [3.05, 3.63) is 95.6 Å². The van der Waals surface area contributed by atoms with E-state index in [1.54, 1.807) is 21.1 Å². The van der Waals surface area contributed by atoms with Crippen molar-refractivity contribution in [2.75, 3.05) is 27.4 Å². The van der Waals surface area contributed by atoms with Crippen LogP contribution in [0.4, 0.5) is 0 Å². The van der Waals surface area contributed by atoms with E-state index < -0.39 is 11.7 Å². The molecule has 1 heterocycles. The molecule has 0 bridgehead atoms. The predicted molar refractivity (Wildman–Crippen MR) is 181 cm³/mol. The average molecular weight is 630 g/mol. The van der Waals surface area contributed by atoms with Gasteiger partial charge in [-0.25, -0.2) is 0 Å². The molecule has 1 amide bonds. The number of rotatable bonds is 19. The van der Waals surface area contributed by atoms with Gasteiger partial charge in [0.1, 0.15) is 22.9 Å². The second-order valence-corrected chi connectivity index (χ2v) is 12.4. The lowest BCUT2D eigenvalue weighted by atomic mass is 9.80. The number of aliphatic hydroxyl groups is 1. The lowest BCUT2D eigenvalue weighted by molar-refractivity contribution is -0.134. The predicted octanol–water partition coefficient (Wildman–Crippen LogP) is 7.46. The van der Waals surface area contributed by atoms with Gasteiger partial charge in [-0.2, -0.15) is 0 Å². The van der Waals surface area contributed by atoms with Crippen molar-refractivity contribution in [2.45, 2.75) is 95.3 Å². The Morgan fingerprint density at radius 1 is 0.717 bits per heavy atom. The second-order valence-electron chi connectivity index (χ2n) is 12.4. The van der Waals surface area contributed by atoms with Crippen molar-refractivity contribution in [1.82, 2.24) is 4.90 Å². The van der Waals surface area contributed by atoms with Crippen molar-refractivity contribution >= 4 is 11.7 Å². The van der Waals surface area contributed by atoms with E-state index in [9.17, 15) is 14.7 Å². The van der Waals surface area contributed by atoms with E-state index in [0.29, 0.717) is 25.8 Å². The van der Waals surface area contributed by atoms with Gasteiger partial charge in [0.2, 0.25) is 5.91 Å². The standard InChI is InChI=1S/C39H51NO6/c1-30(41)15-11-8-6-4-5-7-9-14-18-38(43)40-28-35(42)27-34(40)29-46-39(31-16-12-10-13-17-31,32-19-23-36(44-2)24-20-32)33-21-25-37(45-3)26-22-33/h10,12-13,16-17,19-26,34-35,42H,4-9,11,14-15,18,27-29H2,1-3H3/t34-,35+/m0/s1. The molecule has 0 spiro atoms. The lowest BCUT2D eigenvalue weighted by Gasteiger charge is -2.38. The number of nitrogens with zero attached hydrogens (tertiary/aromatic N) is 1. The number of Topliss-reactive ketones (excluding diaryl/α,β-unsaturated/α-hetero) is 1. The third-order valence-electron chi connectivity index (χ3n) is 9.05. The fourth-order valence-corrected chi connectivity index (χ4v) is 6.51. The molecular formula is C39H51NO6. The number of ketones is 1. The van der Waals surface area contributed by atoms with Crippen LogP contribution in [0.1, 0.15) is 94.2 Å². The molecule has 248 valence electrons. The normalized spacial score (nSPS) is 16.4.